The molecule has 1 unspecified atom stereocenters. The fourth-order valence-corrected chi connectivity index (χ4v) is 2.39. The number of anilines is 2. The van der Waals surface area contributed by atoms with E-state index in [0.29, 0.717) is 10.7 Å². The number of aromatic nitrogens is 2. The highest BCUT2D eigenvalue weighted by molar-refractivity contribution is 7.15. The molecule has 4 N–H and O–H groups in total. The maximum Gasteiger partial charge on any atom is 0.251 e. The second-order valence-electron chi connectivity index (χ2n) is 5.07. The molecular formula is C14H19N5OS. The van der Waals surface area contributed by atoms with Gasteiger partial charge in [-0.15, -0.1) is 10.2 Å². The third-order valence-electron chi connectivity index (χ3n) is 2.63. The minimum Gasteiger partial charge on any atom is -0.350 e. The lowest BCUT2D eigenvalue weighted by Gasteiger charge is -2.09. The molecule has 1 atom stereocenters. The van der Waals surface area contributed by atoms with Crippen molar-refractivity contribution in [2.45, 2.75) is 32.9 Å². The van der Waals surface area contributed by atoms with Gasteiger partial charge < -0.3 is 16.4 Å². The Hall–Kier alpha value is -1.99. The Kier molecular flexibility index (Phi) is 4.87. The highest BCUT2D eigenvalue weighted by Crippen LogP contribution is 2.24. The van der Waals surface area contributed by atoms with Crippen molar-refractivity contribution in [3.63, 3.8) is 0 Å². The first-order chi connectivity index (χ1) is 9.95. The Labute approximate surface area is 127 Å². The van der Waals surface area contributed by atoms with Crippen molar-refractivity contribution in [2.24, 2.45) is 5.73 Å². The second-order valence-corrected chi connectivity index (χ2v) is 6.08. The first kappa shape index (κ1) is 15.4. The predicted molar refractivity (Wildman–Crippen MR) is 84.8 cm³/mol. The van der Waals surface area contributed by atoms with Crippen molar-refractivity contribution in [1.82, 2.24) is 15.5 Å². The van der Waals surface area contributed by atoms with Crippen molar-refractivity contribution < 1.29 is 4.79 Å². The van der Waals surface area contributed by atoms with Gasteiger partial charge in [0.05, 0.1) is 6.04 Å². The average molecular weight is 305 g/mol. The molecule has 1 aromatic heterocycles. The van der Waals surface area contributed by atoms with E-state index < -0.39 is 0 Å². The Morgan fingerprint density at radius 1 is 1.29 bits per heavy atom. The summed E-state index contributed by atoms with van der Waals surface area (Å²) in [5.74, 6) is -0.0952. The molecule has 0 fully saturated rings. The van der Waals surface area contributed by atoms with E-state index in [0.717, 1.165) is 10.7 Å². The number of carbonyl (C=O) groups is 1. The zero-order chi connectivity index (χ0) is 15.4. The average Bonchev–Trinajstić information content (AvgIpc) is 2.87. The van der Waals surface area contributed by atoms with Crippen LogP contribution in [0.4, 0.5) is 10.8 Å². The van der Waals surface area contributed by atoms with Crippen LogP contribution in [0.1, 0.15) is 42.2 Å². The van der Waals surface area contributed by atoms with Gasteiger partial charge in [-0.2, -0.15) is 0 Å². The van der Waals surface area contributed by atoms with Crippen molar-refractivity contribution in [2.75, 3.05) is 5.32 Å². The lowest BCUT2D eigenvalue weighted by molar-refractivity contribution is 0.0943. The molecule has 21 heavy (non-hydrogen) atoms. The molecule has 0 saturated heterocycles. The molecule has 0 saturated carbocycles. The van der Waals surface area contributed by atoms with Crippen LogP contribution in [0.2, 0.25) is 0 Å². The second kappa shape index (κ2) is 6.64. The molecule has 6 nitrogen and oxygen atoms in total. The van der Waals surface area contributed by atoms with Crippen LogP contribution < -0.4 is 16.4 Å². The molecule has 112 valence electrons. The highest BCUT2D eigenvalue weighted by atomic mass is 32.1. The van der Waals surface area contributed by atoms with Crippen LogP contribution in [0, 0.1) is 0 Å². The summed E-state index contributed by atoms with van der Waals surface area (Å²) in [6, 6.07) is 7.22. The number of hydrogen-bond donors (Lipinski definition) is 3. The molecule has 0 radical (unpaired) electrons. The summed E-state index contributed by atoms with van der Waals surface area (Å²) >= 11 is 1.40. The van der Waals surface area contributed by atoms with Gasteiger partial charge in [0.1, 0.15) is 5.01 Å². The number of amides is 1. The standard InChI is InChI=1S/C14H19N5OS/c1-8(2)16-12(20)10-5-4-6-11(7-10)17-14-19-18-13(21-14)9(3)15/h4-9H,15H2,1-3H3,(H,16,20)(H,17,19). The number of benzene rings is 1. The molecule has 0 aliphatic rings. The van der Waals surface area contributed by atoms with E-state index in [1.807, 2.05) is 32.9 Å². The Bertz CT molecular complexity index is 623. The van der Waals surface area contributed by atoms with E-state index in [4.69, 9.17) is 5.73 Å². The summed E-state index contributed by atoms with van der Waals surface area (Å²) in [4.78, 5) is 12.0. The molecule has 2 rings (SSSR count). The van der Waals surface area contributed by atoms with Gasteiger partial charge in [0, 0.05) is 17.3 Å². The van der Waals surface area contributed by atoms with Gasteiger partial charge in [-0.1, -0.05) is 17.4 Å². The molecule has 0 aliphatic carbocycles. The van der Waals surface area contributed by atoms with Gasteiger partial charge in [-0.3, -0.25) is 4.79 Å². The van der Waals surface area contributed by atoms with E-state index in [1.165, 1.54) is 11.3 Å². The molecule has 7 heteroatoms. The molecule has 1 heterocycles. The zero-order valence-corrected chi connectivity index (χ0v) is 13.1. The molecule has 0 aliphatic heterocycles. The van der Waals surface area contributed by atoms with Crippen LogP contribution in [0.25, 0.3) is 0 Å². The first-order valence-electron chi connectivity index (χ1n) is 6.72. The van der Waals surface area contributed by atoms with E-state index in [9.17, 15) is 4.79 Å². The lowest BCUT2D eigenvalue weighted by atomic mass is 10.2. The van der Waals surface area contributed by atoms with Crippen LogP contribution in [0.15, 0.2) is 24.3 Å². The summed E-state index contributed by atoms with van der Waals surface area (Å²) in [6.07, 6.45) is 0. The highest BCUT2D eigenvalue weighted by Gasteiger charge is 2.10. The van der Waals surface area contributed by atoms with Gasteiger partial charge in [0.2, 0.25) is 5.13 Å². The maximum absolute atomic E-state index is 12.0. The lowest BCUT2D eigenvalue weighted by Crippen LogP contribution is -2.30. The van der Waals surface area contributed by atoms with Gasteiger partial charge in [0.25, 0.3) is 5.91 Å². The summed E-state index contributed by atoms with van der Waals surface area (Å²) < 4.78 is 0. The minimum atomic E-state index is -0.138. The van der Waals surface area contributed by atoms with Crippen LogP contribution in [-0.2, 0) is 0 Å². The van der Waals surface area contributed by atoms with Crippen molar-refractivity contribution in [1.29, 1.82) is 0 Å². The Morgan fingerprint density at radius 2 is 2.05 bits per heavy atom. The summed E-state index contributed by atoms with van der Waals surface area (Å²) in [5, 5.41) is 15.5. The van der Waals surface area contributed by atoms with Gasteiger partial charge in [-0.05, 0) is 39.0 Å². The van der Waals surface area contributed by atoms with Gasteiger partial charge in [-0.25, -0.2) is 0 Å². The fourth-order valence-electron chi connectivity index (χ4n) is 1.68. The third-order valence-corrected chi connectivity index (χ3v) is 3.67. The predicted octanol–water partition coefficient (Wildman–Crippen LogP) is 2.44. The molecule has 0 spiro atoms. The van der Waals surface area contributed by atoms with Crippen LogP contribution in [-0.4, -0.2) is 22.1 Å². The van der Waals surface area contributed by atoms with Crippen LogP contribution in [0.5, 0.6) is 0 Å². The molecule has 2 aromatic rings. The number of rotatable bonds is 5. The smallest absolute Gasteiger partial charge is 0.251 e. The summed E-state index contributed by atoms with van der Waals surface area (Å²) in [6.45, 7) is 5.72. The number of hydrogen-bond acceptors (Lipinski definition) is 6. The van der Waals surface area contributed by atoms with Crippen LogP contribution in [0.3, 0.4) is 0 Å². The van der Waals surface area contributed by atoms with Gasteiger partial charge >= 0.3 is 0 Å². The summed E-state index contributed by atoms with van der Waals surface area (Å²) in [7, 11) is 0. The minimum absolute atomic E-state index is 0.0952. The zero-order valence-electron chi connectivity index (χ0n) is 12.3. The summed E-state index contributed by atoms with van der Waals surface area (Å²) in [5.41, 5.74) is 7.15. The van der Waals surface area contributed by atoms with Crippen molar-refractivity contribution in [3.8, 4) is 0 Å². The van der Waals surface area contributed by atoms with Crippen molar-refractivity contribution >= 4 is 28.1 Å². The van der Waals surface area contributed by atoms with Gasteiger partial charge in [0.15, 0.2) is 0 Å². The number of nitrogens with two attached hydrogens (primary N) is 1. The van der Waals surface area contributed by atoms with E-state index in [2.05, 4.69) is 20.8 Å². The Balaban J connectivity index is 2.11. The number of nitrogens with one attached hydrogen (secondary N) is 2. The monoisotopic (exact) mass is 305 g/mol. The maximum atomic E-state index is 12.0. The fraction of sp³-hybridized carbons (Fsp3) is 0.357. The van der Waals surface area contributed by atoms with E-state index in [-0.39, 0.29) is 18.0 Å². The first-order valence-corrected chi connectivity index (χ1v) is 7.54. The molecule has 1 amide bonds. The van der Waals surface area contributed by atoms with E-state index >= 15 is 0 Å². The molecule has 1 aromatic carbocycles. The largest absolute Gasteiger partial charge is 0.350 e. The topological polar surface area (TPSA) is 92.9 Å². The Morgan fingerprint density at radius 3 is 2.67 bits per heavy atom. The number of carbonyl (C=O) groups excluding carboxylic acids is 1. The molecule has 0 bridgehead atoms. The quantitative estimate of drug-likeness (QED) is 0.789. The molecular weight excluding hydrogens is 286 g/mol. The third kappa shape index (κ3) is 4.24. The van der Waals surface area contributed by atoms with Crippen molar-refractivity contribution in [3.05, 3.63) is 34.8 Å². The normalized spacial score (nSPS) is 12.2. The number of nitrogens with zero attached hydrogens (tertiary/aromatic N) is 2. The van der Waals surface area contributed by atoms with E-state index in [1.54, 1.807) is 12.1 Å². The van der Waals surface area contributed by atoms with Crippen LogP contribution >= 0.6 is 11.3 Å². The SMILES string of the molecule is CC(C)NC(=O)c1cccc(Nc2nnc(C(C)N)s2)c1.